The fourth-order valence-corrected chi connectivity index (χ4v) is 2.51. The molecule has 0 aliphatic rings. The molecule has 0 unspecified atom stereocenters. The van der Waals surface area contributed by atoms with Crippen LogP contribution in [0.15, 0.2) is 43.0 Å². The first kappa shape index (κ1) is 11.2. The van der Waals surface area contributed by atoms with E-state index in [0.29, 0.717) is 5.15 Å². The van der Waals surface area contributed by atoms with Gasteiger partial charge in [0, 0.05) is 17.8 Å². The van der Waals surface area contributed by atoms with Crippen molar-refractivity contribution in [3.05, 3.63) is 53.7 Å². The Bertz CT molecular complexity index is 690. The van der Waals surface area contributed by atoms with Crippen LogP contribution < -0.4 is 0 Å². The Morgan fingerprint density at radius 3 is 2.67 bits per heavy atom. The third-order valence-corrected chi connectivity index (χ3v) is 3.36. The molecule has 0 radical (unpaired) electrons. The first-order chi connectivity index (χ1) is 8.81. The molecule has 0 spiro atoms. The van der Waals surface area contributed by atoms with Gasteiger partial charge >= 0.3 is 0 Å². The van der Waals surface area contributed by atoms with Gasteiger partial charge < -0.3 is 0 Å². The van der Waals surface area contributed by atoms with Gasteiger partial charge in [-0.05, 0) is 17.4 Å². The maximum Gasteiger partial charge on any atom is 0.147 e. The lowest BCUT2D eigenvalue weighted by molar-refractivity contribution is 0.996. The first-order valence-electron chi connectivity index (χ1n) is 5.86. The topological polar surface area (TPSA) is 30.7 Å². The van der Waals surface area contributed by atoms with Gasteiger partial charge in [0.2, 0.25) is 0 Å². The number of benzene rings is 1. The first-order valence-corrected chi connectivity index (χ1v) is 6.24. The molecule has 0 fully saturated rings. The Balaban J connectivity index is 2.40. The Morgan fingerprint density at radius 1 is 1.22 bits per heavy atom. The summed E-state index contributed by atoms with van der Waals surface area (Å²) in [4.78, 5) is 8.56. The van der Waals surface area contributed by atoms with Crippen LogP contribution in [-0.4, -0.2) is 14.5 Å². The van der Waals surface area contributed by atoms with Crippen LogP contribution in [-0.2, 0) is 6.42 Å². The summed E-state index contributed by atoms with van der Waals surface area (Å²) < 4.78 is 1.88. The zero-order valence-electron chi connectivity index (χ0n) is 9.97. The summed E-state index contributed by atoms with van der Waals surface area (Å²) in [5, 5.41) is 2.82. The van der Waals surface area contributed by atoms with Crippen LogP contribution in [0, 0.1) is 0 Å². The summed E-state index contributed by atoms with van der Waals surface area (Å²) >= 11 is 6.28. The summed E-state index contributed by atoms with van der Waals surface area (Å²) in [6.07, 6.45) is 6.21. The zero-order chi connectivity index (χ0) is 12.5. The molecule has 90 valence electrons. The lowest BCUT2D eigenvalue weighted by atomic mass is 10.1. The molecule has 0 N–H and O–H groups in total. The van der Waals surface area contributed by atoms with Crippen molar-refractivity contribution in [3.8, 4) is 5.82 Å². The largest absolute Gasteiger partial charge is 0.290 e. The highest BCUT2D eigenvalue weighted by Crippen LogP contribution is 2.29. The van der Waals surface area contributed by atoms with Crippen LogP contribution >= 0.6 is 11.6 Å². The standard InChI is InChI=1S/C14H12ClN3/c1-2-10-11-5-3-4-6-12(11)14(17-13(10)15)18-8-7-16-9-18/h3-9H,2H2,1H3. The van der Waals surface area contributed by atoms with E-state index in [-0.39, 0.29) is 0 Å². The van der Waals surface area contributed by atoms with E-state index in [1.807, 2.05) is 22.9 Å². The fraction of sp³-hybridized carbons (Fsp3) is 0.143. The number of pyridine rings is 1. The van der Waals surface area contributed by atoms with E-state index in [2.05, 4.69) is 29.0 Å². The maximum atomic E-state index is 6.28. The lowest BCUT2D eigenvalue weighted by Crippen LogP contribution is -1.99. The molecule has 0 saturated heterocycles. The van der Waals surface area contributed by atoms with Crippen LogP contribution in [0.2, 0.25) is 5.15 Å². The summed E-state index contributed by atoms with van der Waals surface area (Å²) in [7, 11) is 0. The minimum absolute atomic E-state index is 0.569. The van der Waals surface area contributed by atoms with Gasteiger partial charge in [0.1, 0.15) is 17.3 Å². The third-order valence-electron chi connectivity index (χ3n) is 3.05. The Labute approximate surface area is 110 Å². The maximum absolute atomic E-state index is 6.28. The number of imidazole rings is 1. The van der Waals surface area contributed by atoms with Crippen LogP contribution in [0.1, 0.15) is 12.5 Å². The predicted octanol–water partition coefficient (Wildman–Crippen LogP) is 3.64. The van der Waals surface area contributed by atoms with Gasteiger partial charge in [-0.1, -0.05) is 42.8 Å². The predicted molar refractivity (Wildman–Crippen MR) is 73.3 cm³/mol. The van der Waals surface area contributed by atoms with E-state index in [9.17, 15) is 0 Å². The molecule has 3 rings (SSSR count). The minimum Gasteiger partial charge on any atom is -0.290 e. The van der Waals surface area contributed by atoms with Crippen molar-refractivity contribution >= 4 is 22.4 Å². The minimum atomic E-state index is 0.569. The second-order valence-corrected chi connectivity index (χ2v) is 4.43. The molecule has 2 heterocycles. The van der Waals surface area contributed by atoms with Crippen molar-refractivity contribution in [2.24, 2.45) is 0 Å². The molecule has 1 aromatic carbocycles. The van der Waals surface area contributed by atoms with Gasteiger partial charge in [0.15, 0.2) is 0 Å². The van der Waals surface area contributed by atoms with Crippen molar-refractivity contribution in [2.45, 2.75) is 13.3 Å². The summed E-state index contributed by atoms with van der Waals surface area (Å²) in [6.45, 7) is 2.09. The quantitative estimate of drug-likeness (QED) is 0.657. The van der Waals surface area contributed by atoms with Crippen molar-refractivity contribution in [1.82, 2.24) is 14.5 Å². The summed E-state index contributed by atoms with van der Waals surface area (Å²) in [5.41, 5.74) is 1.09. The Hall–Kier alpha value is -1.87. The van der Waals surface area contributed by atoms with Gasteiger partial charge in [-0.2, -0.15) is 0 Å². The van der Waals surface area contributed by atoms with Gasteiger partial charge in [-0.15, -0.1) is 0 Å². The van der Waals surface area contributed by atoms with Gasteiger partial charge in [-0.25, -0.2) is 9.97 Å². The molecule has 0 atom stereocenters. The summed E-state index contributed by atoms with van der Waals surface area (Å²) in [6, 6.07) is 8.18. The number of hydrogen-bond acceptors (Lipinski definition) is 2. The lowest BCUT2D eigenvalue weighted by Gasteiger charge is -2.11. The van der Waals surface area contributed by atoms with E-state index >= 15 is 0 Å². The molecule has 3 aromatic rings. The molecule has 0 amide bonds. The molecular formula is C14H12ClN3. The number of halogens is 1. The van der Waals surface area contributed by atoms with Crippen molar-refractivity contribution < 1.29 is 0 Å². The van der Waals surface area contributed by atoms with E-state index in [1.165, 1.54) is 0 Å². The molecule has 4 heteroatoms. The fourth-order valence-electron chi connectivity index (χ4n) is 2.19. The number of fused-ring (bicyclic) bond motifs is 1. The number of nitrogens with zero attached hydrogens (tertiary/aromatic N) is 3. The van der Waals surface area contributed by atoms with E-state index in [4.69, 9.17) is 11.6 Å². The van der Waals surface area contributed by atoms with Crippen LogP contribution in [0.3, 0.4) is 0 Å². The smallest absolute Gasteiger partial charge is 0.147 e. The zero-order valence-corrected chi connectivity index (χ0v) is 10.7. The number of aryl methyl sites for hydroxylation is 1. The normalized spacial score (nSPS) is 11.0. The number of aromatic nitrogens is 3. The highest BCUT2D eigenvalue weighted by atomic mass is 35.5. The molecule has 0 bridgehead atoms. The highest BCUT2D eigenvalue weighted by molar-refractivity contribution is 6.31. The molecule has 0 saturated carbocycles. The average Bonchev–Trinajstić information content (AvgIpc) is 2.91. The molecule has 2 aromatic heterocycles. The van der Waals surface area contributed by atoms with Gasteiger partial charge in [-0.3, -0.25) is 4.57 Å². The molecule has 18 heavy (non-hydrogen) atoms. The average molecular weight is 258 g/mol. The van der Waals surface area contributed by atoms with Gasteiger partial charge in [0.25, 0.3) is 0 Å². The Kier molecular flexibility index (Phi) is 2.76. The van der Waals surface area contributed by atoms with Gasteiger partial charge in [0.05, 0.1) is 0 Å². The molecule has 0 aliphatic heterocycles. The Morgan fingerprint density at radius 2 is 2.00 bits per heavy atom. The second kappa shape index (κ2) is 4.42. The molecule has 3 nitrogen and oxygen atoms in total. The monoisotopic (exact) mass is 257 g/mol. The highest BCUT2D eigenvalue weighted by Gasteiger charge is 2.11. The van der Waals surface area contributed by atoms with Crippen LogP contribution in [0.5, 0.6) is 0 Å². The number of rotatable bonds is 2. The molecular weight excluding hydrogens is 246 g/mol. The summed E-state index contributed by atoms with van der Waals surface area (Å²) in [5.74, 6) is 0.824. The van der Waals surface area contributed by atoms with E-state index in [0.717, 1.165) is 28.6 Å². The molecule has 0 aliphatic carbocycles. The van der Waals surface area contributed by atoms with Crippen molar-refractivity contribution in [1.29, 1.82) is 0 Å². The van der Waals surface area contributed by atoms with E-state index in [1.54, 1.807) is 12.5 Å². The third kappa shape index (κ3) is 1.68. The number of hydrogen-bond donors (Lipinski definition) is 0. The SMILES string of the molecule is CCc1c(Cl)nc(-n2ccnc2)c2ccccc12. The van der Waals surface area contributed by atoms with Crippen LogP contribution in [0.4, 0.5) is 0 Å². The van der Waals surface area contributed by atoms with E-state index < -0.39 is 0 Å². The van der Waals surface area contributed by atoms with Crippen molar-refractivity contribution in [3.63, 3.8) is 0 Å². The second-order valence-electron chi connectivity index (χ2n) is 4.07. The van der Waals surface area contributed by atoms with Crippen LogP contribution in [0.25, 0.3) is 16.6 Å². The van der Waals surface area contributed by atoms with Crippen molar-refractivity contribution in [2.75, 3.05) is 0 Å².